The third kappa shape index (κ3) is 5.35. The fraction of sp³-hybridized carbons (Fsp3) is 0.562. The fourth-order valence-corrected chi connectivity index (χ4v) is 2.49. The van der Waals surface area contributed by atoms with Gasteiger partial charge in [-0.3, -0.25) is 10.1 Å². The zero-order chi connectivity index (χ0) is 16.5. The topological polar surface area (TPSA) is 81.5 Å². The van der Waals surface area contributed by atoms with Crippen molar-refractivity contribution in [2.24, 2.45) is 0 Å². The van der Waals surface area contributed by atoms with E-state index in [-0.39, 0.29) is 23.9 Å². The van der Waals surface area contributed by atoms with Crippen LogP contribution in [0.4, 0.5) is 0 Å². The van der Waals surface area contributed by atoms with Crippen LogP contribution < -0.4 is 5.32 Å². The van der Waals surface area contributed by atoms with E-state index >= 15 is 0 Å². The number of allylic oxidation sites excluding steroid dienone is 2. The van der Waals surface area contributed by atoms with Gasteiger partial charge in [0.25, 0.3) is 5.70 Å². The van der Waals surface area contributed by atoms with Gasteiger partial charge in [0, 0.05) is 12.1 Å². The van der Waals surface area contributed by atoms with Crippen LogP contribution in [0.1, 0.15) is 46.0 Å². The molecule has 1 fully saturated rings. The van der Waals surface area contributed by atoms with Gasteiger partial charge in [-0.25, -0.2) is 4.79 Å². The van der Waals surface area contributed by atoms with Crippen LogP contribution in [0.15, 0.2) is 35.7 Å². The molecule has 22 heavy (non-hydrogen) atoms. The molecule has 0 aromatic rings. The number of nitrogens with one attached hydrogen (secondary N) is 1. The number of esters is 1. The van der Waals surface area contributed by atoms with Crippen LogP contribution in [0.5, 0.6) is 0 Å². The Morgan fingerprint density at radius 2 is 2.05 bits per heavy atom. The molecule has 6 nitrogen and oxygen atoms in total. The van der Waals surface area contributed by atoms with E-state index in [1.165, 1.54) is 18.6 Å². The molecule has 1 N–H and O–H groups in total. The summed E-state index contributed by atoms with van der Waals surface area (Å²) in [5.41, 5.74) is 0.410. The molecule has 6 heteroatoms. The smallest absolute Gasteiger partial charge is 0.338 e. The molecule has 0 aromatic carbocycles. The van der Waals surface area contributed by atoms with Crippen molar-refractivity contribution in [3.63, 3.8) is 0 Å². The molecule has 0 aliphatic heterocycles. The predicted octanol–water partition coefficient (Wildman–Crippen LogP) is 3.09. The van der Waals surface area contributed by atoms with Crippen LogP contribution in [0.25, 0.3) is 0 Å². The number of rotatable bonds is 7. The molecule has 0 heterocycles. The van der Waals surface area contributed by atoms with Gasteiger partial charge in [0.2, 0.25) is 0 Å². The Morgan fingerprint density at radius 3 is 2.55 bits per heavy atom. The number of nitro groups is 1. The quantitative estimate of drug-likeness (QED) is 0.257. The lowest BCUT2D eigenvalue weighted by Gasteiger charge is -2.23. The molecule has 0 radical (unpaired) electrons. The van der Waals surface area contributed by atoms with Crippen molar-refractivity contribution in [1.29, 1.82) is 0 Å². The van der Waals surface area contributed by atoms with Gasteiger partial charge < -0.3 is 10.1 Å². The van der Waals surface area contributed by atoms with Crippen molar-refractivity contribution >= 4 is 5.97 Å². The Kier molecular flexibility index (Phi) is 7.36. The van der Waals surface area contributed by atoms with Gasteiger partial charge in [0.1, 0.15) is 0 Å². The van der Waals surface area contributed by atoms with Gasteiger partial charge in [-0.2, -0.15) is 0 Å². The number of hydrogen-bond donors (Lipinski definition) is 1. The molecule has 1 aliphatic rings. The molecule has 0 aromatic heterocycles. The van der Waals surface area contributed by atoms with Crippen LogP contribution in [0.2, 0.25) is 0 Å². The Balaban J connectivity index is 2.98. The molecule has 0 saturated heterocycles. The number of nitrogens with zero attached hydrogens (tertiary/aromatic N) is 1. The molecule has 0 atom stereocenters. The Hall–Kier alpha value is -2.11. The lowest BCUT2D eigenvalue weighted by Crippen LogP contribution is -2.30. The normalized spacial score (nSPS) is 17.5. The first-order chi connectivity index (χ1) is 10.5. The van der Waals surface area contributed by atoms with E-state index in [4.69, 9.17) is 4.74 Å². The molecule has 0 bridgehead atoms. The van der Waals surface area contributed by atoms with Crippen LogP contribution in [0.3, 0.4) is 0 Å². The van der Waals surface area contributed by atoms with Gasteiger partial charge >= 0.3 is 5.97 Å². The standard InChI is InChI=1S/C16H24N2O4/c1-4-13(16(19)22-5-2)11-15(18(20)21)12(3)17-14-9-7-6-8-10-14/h4,11,14,17H,1,5-10H2,2-3H3/b13-11+,15-12-. The first-order valence-corrected chi connectivity index (χ1v) is 7.62. The van der Waals surface area contributed by atoms with Gasteiger partial charge in [-0.15, -0.1) is 0 Å². The molecule has 1 saturated carbocycles. The molecule has 1 aliphatic carbocycles. The minimum Gasteiger partial charge on any atom is -0.462 e. The summed E-state index contributed by atoms with van der Waals surface area (Å²) in [5.74, 6) is -0.609. The third-order valence-corrected chi connectivity index (χ3v) is 3.63. The summed E-state index contributed by atoms with van der Waals surface area (Å²) in [6.45, 7) is 7.07. The van der Waals surface area contributed by atoms with Crippen molar-refractivity contribution in [2.45, 2.75) is 52.0 Å². The molecule has 0 amide bonds. The lowest BCUT2D eigenvalue weighted by atomic mass is 9.95. The zero-order valence-electron chi connectivity index (χ0n) is 13.3. The van der Waals surface area contributed by atoms with Crippen molar-refractivity contribution in [3.05, 3.63) is 45.8 Å². The Bertz CT molecular complexity index is 488. The molecule has 0 unspecified atom stereocenters. The summed E-state index contributed by atoms with van der Waals surface area (Å²) >= 11 is 0. The molecular formula is C16H24N2O4. The SMILES string of the molecule is C=C/C(=C\C(=C(/C)NC1CCCCC1)[N+](=O)[O-])C(=O)OCC. The highest BCUT2D eigenvalue weighted by Crippen LogP contribution is 2.19. The van der Waals surface area contributed by atoms with Crippen molar-refractivity contribution in [1.82, 2.24) is 5.32 Å². The van der Waals surface area contributed by atoms with E-state index in [9.17, 15) is 14.9 Å². The Labute approximate surface area is 131 Å². The number of carbonyl (C=O) groups is 1. The van der Waals surface area contributed by atoms with Crippen LogP contribution in [0, 0.1) is 10.1 Å². The highest BCUT2D eigenvalue weighted by Gasteiger charge is 2.20. The summed E-state index contributed by atoms with van der Waals surface area (Å²) in [7, 11) is 0. The van der Waals surface area contributed by atoms with E-state index < -0.39 is 10.9 Å². The van der Waals surface area contributed by atoms with Crippen LogP contribution in [-0.2, 0) is 9.53 Å². The highest BCUT2D eigenvalue weighted by molar-refractivity contribution is 5.91. The molecule has 0 spiro atoms. The average Bonchev–Trinajstić information content (AvgIpc) is 2.48. The minimum atomic E-state index is -0.609. The largest absolute Gasteiger partial charge is 0.462 e. The Morgan fingerprint density at radius 1 is 1.41 bits per heavy atom. The summed E-state index contributed by atoms with van der Waals surface area (Å²) in [5, 5.41) is 14.5. The van der Waals surface area contributed by atoms with Gasteiger partial charge in [-0.05, 0) is 26.7 Å². The van der Waals surface area contributed by atoms with E-state index in [1.807, 2.05) is 0 Å². The average molecular weight is 308 g/mol. The van der Waals surface area contributed by atoms with E-state index in [0.717, 1.165) is 25.7 Å². The first kappa shape index (κ1) is 17.9. The first-order valence-electron chi connectivity index (χ1n) is 7.62. The maximum Gasteiger partial charge on any atom is 0.338 e. The summed E-state index contributed by atoms with van der Waals surface area (Å²) in [6.07, 6.45) is 8.00. The van der Waals surface area contributed by atoms with E-state index in [2.05, 4.69) is 11.9 Å². The van der Waals surface area contributed by atoms with E-state index in [1.54, 1.807) is 13.8 Å². The van der Waals surface area contributed by atoms with Crippen LogP contribution >= 0.6 is 0 Å². The molecular weight excluding hydrogens is 284 g/mol. The third-order valence-electron chi connectivity index (χ3n) is 3.63. The van der Waals surface area contributed by atoms with Gasteiger partial charge in [0.15, 0.2) is 0 Å². The second-order valence-electron chi connectivity index (χ2n) is 5.27. The number of hydrogen-bond acceptors (Lipinski definition) is 5. The summed E-state index contributed by atoms with van der Waals surface area (Å²) in [6, 6.07) is 0.256. The number of ether oxygens (including phenoxy) is 1. The van der Waals surface area contributed by atoms with Gasteiger partial charge in [0.05, 0.1) is 22.8 Å². The van der Waals surface area contributed by atoms with Gasteiger partial charge in [-0.1, -0.05) is 31.9 Å². The predicted molar refractivity (Wildman–Crippen MR) is 84.6 cm³/mol. The molecule has 1 rings (SSSR count). The van der Waals surface area contributed by atoms with Crippen molar-refractivity contribution < 1.29 is 14.5 Å². The molecule has 122 valence electrons. The second-order valence-corrected chi connectivity index (χ2v) is 5.27. The summed E-state index contributed by atoms with van der Waals surface area (Å²) in [4.78, 5) is 22.5. The van der Waals surface area contributed by atoms with E-state index in [0.29, 0.717) is 5.70 Å². The highest BCUT2D eigenvalue weighted by atomic mass is 16.6. The minimum absolute atomic E-state index is 0.0818. The van der Waals surface area contributed by atoms with Crippen molar-refractivity contribution in [3.8, 4) is 0 Å². The second kappa shape index (κ2) is 9.02. The number of carbonyl (C=O) groups excluding carboxylic acids is 1. The summed E-state index contributed by atoms with van der Waals surface area (Å²) < 4.78 is 4.86. The monoisotopic (exact) mass is 308 g/mol. The zero-order valence-corrected chi connectivity index (χ0v) is 13.3. The lowest BCUT2D eigenvalue weighted by molar-refractivity contribution is -0.420. The maximum atomic E-state index is 11.7. The maximum absolute atomic E-state index is 11.7. The fourth-order valence-electron chi connectivity index (χ4n) is 2.49. The van der Waals surface area contributed by atoms with Crippen molar-refractivity contribution in [2.75, 3.05) is 6.61 Å². The van der Waals surface area contributed by atoms with Crippen LogP contribution in [-0.4, -0.2) is 23.5 Å².